The van der Waals surface area contributed by atoms with Crippen molar-refractivity contribution in [1.29, 1.82) is 0 Å². The number of methoxy groups -OCH3 is 1. The SMILES string of the molecule is C=C(C)/C(=C\C=C(/C)Nc1ncnc2cn(-c3ccc(NC(=O)CCC(=O)OC)cc3)nc12)Oc1ccc(C)nc1. The minimum Gasteiger partial charge on any atom is -0.469 e. The Morgan fingerprint density at radius 1 is 1.00 bits per heavy atom. The number of fused-ring (bicyclic) bond motifs is 1. The van der Waals surface area contributed by atoms with Gasteiger partial charge in [0.25, 0.3) is 0 Å². The first-order valence-electron chi connectivity index (χ1n) is 12.8. The molecular formula is C30H31N7O4. The molecule has 4 rings (SSSR count). The van der Waals surface area contributed by atoms with Crippen molar-refractivity contribution in [2.75, 3.05) is 17.7 Å². The number of ether oxygens (including phenoxy) is 2. The summed E-state index contributed by atoms with van der Waals surface area (Å²) in [5, 5.41) is 10.7. The number of amides is 1. The Morgan fingerprint density at radius 3 is 2.46 bits per heavy atom. The van der Waals surface area contributed by atoms with E-state index in [0.29, 0.717) is 34.0 Å². The van der Waals surface area contributed by atoms with E-state index in [1.165, 1.54) is 13.4 Å². The number of rotatable bonds is 11. The van der Waals surface area contributed by atoms with Gasteiger partial charge in [0, 0.05) is 23.5 Å². The van der Waals surface area contributed by atoms with E-state index in [0.717, 1.165) is 22.7 Å². The lowest BCUT2D eigenvalue weighted by Crippen LogP contribution is -2.13. The quantitative estimate of drug-likeness (QED) is 0.145. The summed E-state index contributed by atoms with van der Waals surface area (Å²) in [6, 6.07) is 10.9. The van der Waals surface area contributed by atoms with E-state index in [4.69, 9.17) is 4.74 Å². The number of aromatic nitrogens is 5. The van der Waals surface area contributed by atoms with Crippen molar-refractivity contribution < 1.29 is 19.1 Å². The Balaban J connectivity index is 1.46. The van der Waals surface area contributed by atoms with Gasteiger partial charge < -0.3 is 20.1 Å². The van der Waals surface area contributed by atoms with E-state index < -0.39 is 5.97 Å². The lowest BCUT2D eigenvalue weighted by atomic mass is 10.2. The molecule has 3 aromatic heterocycles. The molecule has 0 spiro atoms. The van der Waals surface area contributed by atoms with E-state index in [1.54, 1.807) is 29.2 Å². The summed E-state index contributed by atoms with van der Waals surface area (Å²) in [5.74, 6) is 1.08. The van der Waals surface area contributed by atoms with Crippen molar-refractivity contribution >= 4 is 34.4 Å². The number of hydrogen-bond donors (Lipinski definition) is 2. The zero-order chi connectivity index (χ0) is 29.4. The van der Waals surface area contributed by atoms with Crippen LogP contribution in [-0.2, 0) is 14.3 Å². The molecule has 0 unspecified atom stereocenters. The molecule has 3 heterocycles. The molecule has 1 amide bonds. The number of allylic oxidation sites excluding steroid dienone is 4. The van der Waals surface area contributed by atoms with Gasteiger partial charge in [-0.1, -0.05) is 6.58 Å². The van der Waals surface area contributed by atoms with Crippen molar-refractivity contribution in [3.8, 4) is 11.4 Å². The maximum Gasteiger partial charge on any atom is 0.306 e. The molecule has 0 saturated carbocycles. The molecule has 2 N–H and O–H groups in total. The molecule has 41 heavy (non-hydrogen) atoms. The van der Waals surface area contributed by atoms with Crippen LogP contribution in [-0.4, -0.2) is 43.7 Å². The van der Waals surface area contributed by atoms with E-state index in [9.17, 15) is 9.59 Å². The highest BCUT2D eigenvalue weighted by Gasteiger charge is 2.11. The van der Waals surface area contributed by atoms with Crippen LogP contribution in [0.25, 0.3) is 16.7 Å². The van der Waals surface area contributed by atoms with Crippen molar-refractivity contribution in [3.05, 3.63) is 96.6 Å². The first-order chi connectivity index (χ1) is 19.7. The number of anilines is 2. The number of esters is 1. The summed E-state index contributed by atoms with van der Waals surface area (Å²) < 4.78 is 12.2. The van der Waals surface area contributed by atoms with E-state index in [-0.39, 0.29) is 18.7 Å². The van der Waals surface area contributed by atoms with Gasteiger partial charge in [0.1, 0.15) is 23.4 Å². The fourth-order valence-corrected chi connectivity index (χ4v) is 3.63. The standard InChI is InChI=1S/C30H31N7O4/c1-19(2)26(41-24-12-6-20(3)31-16-24)13-7-21(4)34-30-29-25(32-18-33-30)17-37(36-29)23-10-8-22(9-11-23)35-27(38)14-15-28(39)40-5/h6-13,16-18H,1,14-15H2,2-5H3,(H,35,38)(H,32,33,34)/b21-7+,26-13+. The van der Waals surface area contributed by atoms with Gasteiger partial charge in [-0.15, -0.1) is 0 Å². The van der Waals surface area contributed by atoms with Crippen LogP contribution < -0.4 is 15.4 Å². The summed E-state index contributed by atoms with van der Waals surface area (Å²) in [7, 11) is 1.29. The number of benzene rings is 1. The zero-order valence-corrected chi connectivity index (χ0v) is 23.3. The van der Waals surface area contributed by atoms with Crippen molar-refractivity contribution in [1.82, 2.24) is 24.7 Å². The molecule has 0 radical (unpaired) electrons. The topological polar surface area (TPSA) is 133 Å². The molecule has 210 valence electrons. The van der Waals surface area contributed by atoms with Crippen LogP contribution in [0, 0.1) is 6.92 Å². The van der Waals surface area contributed by atoms with Gasteiger partial charge >= 0.3 is 5.97 Å². The fraction of sp³-hybridized carbons (Fsp3) is 0.200. The van der Waals surface area contributed by atoms with Gasteiger partial charge in [-0.25, -0.2) is 14.6 Å². The van der Waals surface area contributed by atoms with Gasteiger partial charge in [-0.05, 0) is 74.9 Å². The van der Waals surface area contributed by atoms with Crippen LogP contribution in [0.5, 0.6) is 5.75 Å². The van der Waals surface area contributed by atoms with E-state index in [1.807, 2.05) is 57.2 Å². The molecule has 0 aliphatic carbocycles. The van der Waals surface area contributed by atoms with Crippen LogP contribution in [0.4, 0.5) is 11.5 Å². The average molecular weight is 554 g/mol. The lowest BCUT2D eigenvalue weighted by Gasteiger charge is -2.10. The summed E-state index contributed by atoms with van der Waals surface area (Å²) in [4.78, 5) is 36.3. The third-order valence-electron chi connectivity index (χ3n) is 5.84. The van der Waals surface area contributed by atoms with Gasteiger partial charge in [0.2, 0.25) is 5.91 Å². The smallest absolute Gasteiger partial charge is 0.306 e. The largest absolute Gasteiger partial charge is 0.469 e. The lowest BCUT2D eigenvalue weighted by molar-refractivity contribution is -0.141. The summed E-state index contributed by atoms with van der Waals surface area (Å²) in [6.45, 7) is 9.70. The molecule has 11 nitrogen and oxygen atoms in total. The Labute approximate surface area is 237 Å². The number of pyridine rings is 1. The van der Waals surface area contributed by atoms with Gasteiger partial charge in [-0.2, -0.15) is 5.10 Å². The molecule has 11 heteroatoms. The number of nitrogens with one attached hydrogen (secondary N) is 2. The first kappa shape index (κ1) is 28.7. The Bertz CT molecular complexity index is 1620. The summed E-state index contributed by atoms with van der Waals surface area (Å²) >= 11 is 0. The molecule has 0 aliphatic rings. The highest BCUT2D eigenvalue weighted by atomic mass is 16.5. The van der Waals surface area contributed by atoms with E-state index in [2.05, 4.69) is 42.0 Å². The molecular weight excluding hydrogens is 522 g/mol. The van der Waals surface area contributed by atoms with Crippen LogP contribution in [0.3, 0.4) is 0 Å². The van der Waals surface area contributed by atoms with Crippen molar-refractivity contribution in [3.63, 3.8) is 0 Å². The normalized spacial score (nSPS) is 11.7. The number of carbonyl (C=O) groups is 2. The molecule has 0 aliphatic heterocycles. The van der Waals surface area contributed by atoms with Gasteiger partial charge in [0.15, 0.2) is 11.3 Å². The minimum absolute atomic E-state index is 0.0244. The highest BCUT2D eigenvalue weighted by Crippen LogP contribution is 2.22. The third kappa shape index (κ3) is 7.85. The predicted octanol–water partition coefficient (Wildman–Crippen LogP) is 5.27. The summed E-state index contributed by atoms with van der Waals surface area (Å²) in [5.41, 5.74) is 5.10. The minimum atomic E-state index is -0.429. The highest BCUT2D eigenvalue weighted by molar-refractivity contribution is 5.92. The second-order valence-electron chi connectivity index (χ2n) is 9.22. The Morgan fingerprint density at radius 2 is 1.78 bits per heavy atom. The van der Waals surface area contributed by atoms with E-state index >= 15 is 0 Å². The molecule has 0 saturated heterocycles. The monoisotopic (exact) mass is 553 g/mol. The zero-order valence-electron chi connectivity index (χ0n) is 23.3. The predicted molar refractivity (Wildman–Crippen MR) is 156 cm³/mol. The van der Waals surface area contributed by atoms with Gasteiger partial charge in [-0.3, -0.25) is 14.6 Å². The second kappa shape index (κ2) is 13.2. The van der Waals surface area contributed by atoms with Crippen molar-refractivity contribution in [2.45, 2.75) is 33.6 Å². The Hall–Kier alpha value is -5.32. The fourth-order valence-electron chi connectivity index (χ4n) is 3.63. The molecule has 0 bridgehead atoms. The molecule has 4 aromatic rings. The third-order valence-corrected chi connectivity index (χ3v) is 5.84. The van der Waals surface area contributed by atoms with Crippen molar-refractivity contribution in [2.24, 2.45) is 0 Å². The van der Waals surface area contributed by atoms with Crippen LogP contribution in [0.2, 0.25) is 0 Å². The van der Waals surface area contributed by atoms with Crippen LogP contribution >= 0.6 is 0 Å². The van der Waals surface area contributed by atoms with Crippen LogP contribution in [0.1, 0.15) is 32.4 Å². The maximum absolute atomic E-state index is 12.1. The Kier molecular flexibility index (Phi) is 9.20. The number of carbonyl (C=O) groups excluding carboxylic acids is 2. The maximum atomic E-state index is 12.1. The second-order valence-corrected chi connectivity index (χ2v) is 9.22. The van der Waals surface area contributed by atoms with Crippen LogP contribution in [0.15, 0.2) is 90.9 Å². The van der Waals surface area contributed by atoms with Gasteiger partial charge in [0.05, 0.1) is 31.6 Å². The summed E-state index contributed by atoms with van der Waals surface area (Å²) in [6.07, 6.45) is 8.71. The average Bonchev–Trinajstić information content (AvgIpc) is 3.40. The molecule has 1 aromatic carbocycles. The number of aryl methyl sites for hydroxylation is 1. The number of hydrogen-bond acceptors (Lipinski definition) is 9. The molecule has 0 atom stereocenters. The molecule has 0 fully saturated rings. The number of nitrogens with zero attached hydrogens (tertiary/aromatic N) is 5. The first-order valence-corrected chi connectivity index (χ1v) is 12.8.